The fraction of sp³-hybridized carbons (Fsp3) is 0.296. The number of fused-ring (bicyclic) bond motifs is 1. The van der Waals surface area contributed by atoms with Crippen LogP contribution in [0.3, 0.4) is 0 Å². The number of urea groups is 1. The zero-order chi connectivity index (χ0) is 22.3. The van der Waals surface area contributed by atoms with Gasteiger partial charge in [0.25, 0.3) is 0 Å². The van der Waals surface area contributed by atoms with Crippen LogP contribution in [0, 0.1) is 5.92 Å². The highest BCUT2D eigenvalue weighted by atomic mass is 32.2. The molecule has 0 radical (unpaired) electrons. The predicted octanol–water partition coefficient (Wildman–Crippen LogP) is 6.29. The highest BCUT2D eigenvalue weighted by Gasteiger charge is 2.19. The van der Waals surface area contributed by atoms with Crippen LogP contribution in [-0.4, -0.2) is 31.6 Å². The van der Waals surface area contributed by atoms with Crippen LogP contribution in [0.5, 0.6) is 0 Å². The maximum Gasteiger partial charge on any atom is 0.323 e. The Kier molecular flexibility index (Phi) is 7.51. The molecular formula is C27H31N3OS. The van der Waals surface area contributed by atoms with E-state index < -0.39 is 0 Å². The summed E-state index contributed by atoms with van der Waals surface area (Å²) in [5, 5.41) is 5.96. The smallest absolute Gasteiger partial charge is 0.309 e. The van der Waals surface area contributed by atoms with Crippen LogP contribution in [0.2, 0.25) is 0 Å². The average molecular weight is 446 g/mol. The van der Waals surface area contributed by atoms with Crippen molar-refractivity contribution in [3.05, 3.63) is 89.5 Å². The maximum absolute atomic E-state index is 12.6. The van der Waals surface area contributed by atoms with Crippen LogP contribution in [0.15, 0.2) is 77.7 Å². The standard InChI is InChI=1S/C27H31N3OS/c1-30(2)18-21-11-12-23-16-25(14-13-22(23)15-21)29-27(31)28-24-9-6-10-26(17-24)32-19-20-7-4-3-5-8-20/h3-10,13-14,16-17,21H,11-12,15,18-19H2,1-2H3,(H2,28,29,31). The molecule has 0 heterocycles. The number of thioether (sulfide) groups is 1. The molecule has 1 aliphatic carbocycles. The van der Waals surface area contributed by atoms with Gasteiger partial charge in [-0.1, -0.05) is 42.5 Å². The molecule has 0 fully saturated rings. The summed E-state index contributed by atoms with van der Waals surface area (Å²) in [5.74, 6) is 1.62. The average Bonchev–Trinajstić information content (AvgIpc) is 2.78. The summed E-state index contributed by atoms with van der Waals surface area (Å²) in [5.41, 5.74) is 5.70. The summed E-state index contributed by atoms with van der Waals surface area (Å²) in [4.78, 5) is 16.0. The van der Waals surface area contributed by atoms with Crippen molar-refractivity contribution in [1.29, 1.82) is 0 Å². The molecule has 3 aromatic rings. The zero-order valence-corrected chi connectivity index (χ0v) is 19.6. The van der Waals surface area contributed by atoms with Crippen molar-refractivity contribution in [2.24, 2.45) is 5.92 Å². The molecular weight excluding hydrogens is 414 g/mol. The first kappa shape index (κ1) is 22.4. The van der Waals surface area contributed by atoms with E-state index in [0.29, 0.717) is 5.92 Å². The van der Waals surface area contributed by atoms with Crippen molar-refractivity contribution < 1.29 is 4.79 Å². The van der Waals surface area contributed by atoms with E-state index in [9.17, 15) is 4.79 Å². The van der Waals surface area contributed by atoms with Crippen molar-refractivity contribution >= 4 is 29.2 Å². The Morgan fingerprint density at radius 3 is 2.50 bits per heavy atom. The van der Waals surface area contributed by atoms with Crippen molar-refractivity contribution in [2.45, 2.75) is 29.9 Å². The number of carbonyl (C=O) groups excluding carboxylic acids is 1. The summed E-state index contributed by atoms with van der Waals surface area (Å²) >= 11 is 1.76. The number of benzene rings is 3. The van der Waals surface area contributed by atoms with Gasteiger partial charge in [0.05, 0.1) is 0 Å². The first-order chi connectivity index (χ1) is 15.5. The number of nitrogens with one attached hydrogen (secondary N) is 2. The number of hydrogen-bond acceptors (Lipinski definition) is 3. The van der Waals surface area contributed by atoms with Crippen LogP contribution in [0.25, 0.3) is 0 Å². The molecule has 1 atom stereocenters. The van der Waals surface area contributed by atoms with Gasteiger partial charge in [0, 0.05) is 28.6 Å². The summed E-state index contributed by atoms with van der Waals surface area (Å²) < 4.78 is 0. The Morgan fingerprint density at radius 1 is 0.938 bits per heavy atom. The zero-order valence-electron chi connectivity index (χ0n) is 18.8. The van der Waals surface area contributed by atoms with E-state index in [4.69, 9.17) is 0 Å². The topological polar surface area (TPSA) is 44.4 Å². The van der Waals surface area contributed by atoms with E-state index in [1.807, 2.05) is 30.3 Å². The van der Waals surface area contributed by atoms with E-state index in [0.717, 1.165) is 41.4 Å². The molecule has 0 bridgehead atoms. The Hall–Kier alpha value is -2.76. The van der Waals surface area contributed by atoms with Gasteiger partial charge in [0.2, 0.25) is 0 Å². The Labute approximate surface area is 195 Å². The second-order valence-corrected chi connectivity index (χ2v) is 9.78. The van der Waals surface area contributed by atoms with Crippen LogP contribution in [0.1, 0.15) is 23.1 Å². The summed E-state index contributed by atoms with van der Waals surface area (Å²) in [6, 6.07) is 24.5. The molecule has 2 amide bonds. The number of aryl methyl sites for hydroxylation is 1. The van der Waals surface area contributed by atoms with Crippen molar-refractivity contribution in [2.75, 3.05) is 31.3 Å². The number of nitrogens with zero attached hydrogens (tertiary/aromatic N) is 1. The molecule has 32 heavy (non-hydrogen) atoms. The van der Waals surface area contributed by atoms with Gasteiger partial charge in [-0.15, -0.1) is 11.8 Å². The number of hydrogen-bond donors (Lipinski definition) is 2. The minimum Gasteiger partial charge on any atom is -0.309 e. The molecule has 0 aromatic heterocycles. The lowest BCUT2D eigenvalue weighted by molar-refractivity contribution is 0.262. The molecule has 0 saturated carbocycles. The second kappa shape index (κ2) is 10.7. The third-order valence-electron chi connectivity index (χ3n) is 5.76. The highest BCUT2D eigenvalue weighted by molar-refractivity contribution is 7.98. The fourth-order valence-corrected chi connectivity index (χ4v) is 5.19. The van der Waals surface area contributed by atoms with E-state index in [2.05, 4.69) is 72.1 Å². The summed E-state index contributed by atoms with van der Waals surface area (Å²) in [6.07, 6.45) is 3.40. The van der Waals surface area contributed by atoms with Gasteiger partial charge in [-0.3, -0.25) is 0 Å². The van der Waals surface area contributed by atoms with E-state index in [1.54, 1.807) is 11.8 Å². The minimum atomic E-state index is -0.212. The van der Waals surface area contributed by atoms with Crippen LogP contribution >= 0.6 is 11.8 Å². The van der Waals surface area contributed by atoms with Crippen LogP contribution in [-0.2, 0) is 18.6 Å². The van der Waals surface area contributed by atoms with Crippen LogP contribution < -0.4 is 10.6 Å². The summed E-state index contributed by atoms with van der Waals surface area (Å²) in [6.45, 7) is 1.13. The van der Waals surface area contributed by atoms with Gasteiger partial charge in [-0.05, 0) is 86.3 Å². The SMILES string of the molecule is CN(C)CC1CCc2cc(NC(=O)Nc3cccc(SCc4ccccc4)c3)ccc2C1. The number of carbonyl (C=O) groups is 1. The lowest BCUT2D eigenvalue weighted by atomic mass is 9.83. The van der Waals surface area contributed by atoms with Gasteiger partial charge in [0.15, 0.2) is 0 Å². The molecule has 1 aliphatic rings. The molecule has 0 saturated heterocycles. The van der Waals surface area contributed by atoms with Gasteiger partial charge in [0.1, 0.15) is 0 Å². The Morgan fingerprint density at radius 2 is 1.72 bits per heavy atom. The maximum atomic E-state index is 12.6. The van der Waals surface area contributed by atoms with Crippen LogP contribution in [0.4, 0.5) is 16.2 Å². The first-order valence-corrected chi connectivity index (χ1v) is 12.1. The Bertz CT molecular complexity index is 1050. The first-order valence-electron chi connectivity index (χ1n) is 11.2. The van der Waals surface area contributed by atoms with Gasteiger partial charge < -0.3 is 15.5 Å². The highest BCUT2D eigenvalue weighted by Crippen LogP contribution is 2.29. The second-order valence-electron chi connectivity index (χ2n) is 8.74. The van der Waals surface area contributed by atoms with Crippen molar-refractivity contribution in [1.82, 2.24) is 4.90 Å². The van der Waals surface area contributed by atoms with Crippen molar-refractivity contribution in [3.8, 4) is 0 Å². The number of anilines is 2. The third kappa shape index (κ3) is 6.38. The fourth-order valence-electron chi connectivity index (χ4n) is 4.28. The van der Waals surface area contributed by atoms with E-state index >= 15 is 0 Å². The minimum absolute atomic E-state index is 0.212. The molecule has 1 unspecified atom stereocenters. The largest absolute Gasteiger partial charge is 0.323 e. The van der Waals surface area contributed by atoms with Gasteiger partial charge in [-0.2, -0.15) is 0 Å². The van der Waals surface area contributed by atoms with Gasteiger partial charge >= 0.3 is 6.03 Å². The summed E-state index contributed by atoms with van der Waals surface area (Å²) in [7, 11) is 4.28. The molecule has 0 aliphatic heterocycles. The molecule has 2 N–H and O–H groups in total. The monoisotopic (exact) mass is 445 g/mol. The van der Waals surface area contributed by atoms with Gasteiger partial charge in [-0.25, -0.2) is 4.79 Å². The molecule has 3 aromatic carbocycles. The third-order valence-corrected chi connectivity index (χ3v) is 6.82. The molecule has 166 valence electrons. The Balaban J connectivity index is 1.32. The lowest BCUT2D eigenvalue weighted by Crippen LogP contribution is -2.26. The predicted molar refractivity (Wildman–Crippen MR) is 136 cm³/mol. The molecule has 0 spiro atoms. The van der Waals surface area contributed by atoms with E-state index in [1.165, 1.54) is 23.1 Å². The molecule has 4 nitrogen and oxygen atoms in total. The number of rotatable bonds is 7. The lowest BCUT2D eigenvalue weighted by Gasteiger charge is -2.27. The normalized spacial score (nSPS) is 15.3. The molecule has 4 rings (SSSR count). The molecule has 5 heteroatoms. The van der Waals surface area contributed by atoms with Crippen molar-refractivity contribution in [3.63, 3.8) is 0 Å². The number of amides is 2. The van der Waals surface area contributed by atoms with E-state index in [-0.39, 0.29) is 6.03 Å². The quantitative estimate of drug-likeness (QED) is 0.420.